The lowest BCUT2D eigenvalue weighted by Gasteiger charge is -2.44. The van der Waals surface area contributed by atoms with Gasteiger partial charge in [0, 0.05) is 0 Å². The van der Waals surface area contributed by atoms with Gasteiger partial charge in [-0.3, -0.25) is 4.79 Å². The summed E-state index contributed by atoms with van der Waals surface area (Å²) in [4.78, 5) is 11.2. The monoisotopic (exact) mass is 236 g/mol. The number of hydrogen-bond acceptors (Lipinski definition) is 1. The molecule has 0 aromatic carbocycles. The van der Waals surface area contributed by atoms with Gasteiger partial charge < -0.3 is 5.11 Å². The number of aliphatic carboxylic acids is 1. The van der Waals surface area contributed by atoms with Crippen molar-refractivity contribution in [3.05, 3.63) is 11.6 Å². The minimum absolute atomic E-state index is 0.197. The van der Waals surface area contributed by atoms with Crippen LogP contribution < -0.4 is 0 Å². The summed E-state index contributed by atoms with van der Waals surface area (Å²) in [6, 6.07) is 0. The van der Waals surface area contributed by atoms with E-state index in [4.69, 9.17) is 0 Å². The van der Waals surface area contributed by atoms with Crippen molar-refractivity contribution >= 4 is 5.97 Å². The summed E-state index contributed by atoms with van der Waals surface area (Å²) in [5, 5.41) is 9.24. The largest absolute Gasteiger partial charge is 0.481 e. The molecular weight excluding hydrogens is 212 g/mol. The Labute approximate surface area is 104 Å². The normalized spacial score (nSPS) is 39.1. The summed E-state index contributed by atoms with van der Waals surface area (Å²) in [6.45, 7) is 6.42. The van der Waals surface area contributed by atoms with Crippen LogP contribution in [0, 0.1) is 29.6 Å². The molecule has 0 amide bonds. The van der Waals surface area contributed by atoms with Crippen LogP contribution in [0.3, 0.4) is 0 Å². The van der Waals surface area contributed by atoms with Gasteiger partial charge in [-0.2, -0.15) is 0 Å². The Bertz CT molecular complexity index is 332. The number of carboxylic acids is 1. The van der Waals surface area contributed by atoms with Gasteiger partial charge in [0.2, 0.25) is 0 Å². The number of fused-ring (bicyclic) bond motifs is 1. The molecular formula is C15H24O2. The van der Waals surface area contributed by atoms with Gasteiger partial charge in [-0.15, -0.1) is 0 Å². The molecule has 5 atom stereocenters. The molecule has 0 heterocycles. The van der Waals surface area contributed by atoms with E-state index in [1.807, 2.05) is 6.92 Å². The van der Waals surface area contributed by atoms with Gasteiger partial charge in [-0.05, 0) is 49.9 Å². The van der Waals surface area contributed by atoms with Crippen molar-refractivity contribution in [2.24, 2.45) is 29.6 Å². The summed E-state index contributed by atoms with van der Waals surface area (Å²) in [7, 11) is 0. The fourth-order valence-electron chi connectivity index (χ4n) is 3.86. The molecule has 2 heteroatoms. The average Bonchev–Trinajstić information content (AvgIpc) is 2.28. The molecule has 1 N–H and O–H groups in total. The molecule has 17 heavy (non-hydrogen) atoms. The first-order valence-corrected chi connectivity index (χ1v) is 6.90. The second-order valence-electron chi connectivity index (χ2n) is 6.14. The molecule has 0 unspecified atom stereocenters. The second kappa shape index (κ2) is 4.83. The molecule has 0 aliphatic heterocycles. The van der Waals surface area contributed by atoms with Crippen LogP contribution in [0.15, 0.2) is 11.6 Å². The van der Waals surface area contributed by atoms with Crippen LogP contribution in [0.2, 0.25) is 0 Å². The van der Waals surface area contributed by atoms with Crippen molar-refractivity contribution in [1.29, 1.82) is 0 Å². The minimum atomic E-state index is -0.625. The topological polar surface area (TPSA) is 37.3 Å². The number of carbonyl (C=O) groups is 1. The maximum Gasteiger partial charge on any atom is 0.306 e. The quantitative estimate of drug-likeness (QED) is 0.742. The maximum absolute atomic E-state index is 11.2. The fraction of sp³-hybridized carbons (Fsp3) is 0.800. The SMILES string of the molecule is CC1=C[C@H]2[C@@H]([C@H](C)C(=O)O)CC[C@H](C)[C@H]2CC1. The molecule has 0 bridgehead atoms. The highest BCUT2D eigenvalue weighted by Crippen LogP contribution is 2.47. The highest BCUT2D eigenvalue weighted by atomic mass is 16.4. The van der Waals surface area contributed by atoms with Gasteiger partial charge in [0.25, 0.3) is 0 Å². The molecule has 0 radical (unpaired) electrons. The zero-order valence-corrected chi connectivity index (χ0v) is 11.1. The lowest BCUT2D eigenvalue weighted by Crippen LogP contribution is -2.39. The van der Waals surface area contributed by atoms with Crippen LogP contribution >= 0.6 is 0 Å². The number of rotatable bonds is 2. The van der Waals surface area contributed by atoms with Crippen molar-refractivity contribution in [3.8, 4) is 0 Å². The van der Waals surface area contributed by atoms with Crippen LogP contribution in [-0.2, 0) is 4.79 Å². The van der Waals surface area contributed by atoms with E-state index in [1.54, 1.807) is 0 Å². The van der Waals surface area contributed by atoms with E-state index in [0.717, 1.165) is 18.3 Å². The average molecular weight is 236 g/mol. The van der Waals surface area contributed by atoms with Gasteiger partial charge in [0.05, 0.1) is 5.92 Å². The van der Waals surface area contributed by atoms with E-state index in [-0.39, 0.29) is 5.92 Å². The first-order valence-electron chi connectivity index (χ1n) is 6.90. The molecule has 0 aromatic rings. The van der Waals surface area contributed by atoms with E-state index < -0.39 is 5.97 Å². The Morgan fingerprint density at radius 3 is 2.76 bits per heavy atom. The molecule has 0 saturated heterocycles. The van der Waals surface area contributed by atoms with Crippen LogP contribution in [0.5, 0.6) is 0 Å². The molecule has 2 nitrogen and oxygen atoms in total. The van der Waals surface area contributed by atoms with E-state index in [9.17, 15) is 9.90 Å². The Hall–Kier alpha value is -0.790. The third-order valence-corrected chi connectivity index (χ3v) is 5.06. The maximum atomic E-state index is 11.2. The number of hydrogen-bond donors (Lipinski definition) is 1. The predicted octanol–water partition coefficient (Wildman–Crippen LogP) is 3.73. The van der Waals surface area contributed by atoms with Gasteiger partial charge >= 0.3 is 5.97 Å². The van der Waals surface area contributed by atoms with Crippen molar-refractivity contribution in [2.75, 3.05) is 0 Å². The van der Waals surface area contributed by atoms with Crippen molar-refractivity contribution in [2.45, 2.75) is 46.5 Å². The number of carboxylic acid groups (broad SMARTS) is 1. The molecule has 0 spiro atoms. The Morgan fingerprint density at radius 1 is 1.41 bits per heavy atom. The van der Waals surface area contributed by atoms with E-state index in [1.165, 1.54) is 24.8 Å². The highest BCUT2D eigenvalue weighted by Gasteiger charge is 2.41. The number of allylic oxidation sites excluding steroid dienone is 2. The van der Waals surface area contributed by atoms with Gasteiger partial charge in [0.1, 0.15) is 0 Å². The third kappa shape index (κ3) is 2.41. The summed E-state index contributed by atoms with van der Waals surface area (Å²) >= 11 is 0. The van der Waals surface area contributed by atoms with Crippen LogP contribution in [0.25, 0.3) is 0 Å². The van der Waals surface area contributed by atoms with Crippen molar-refractivity contribution < 1.29 is 9.90 Å². The van der Waals surface area contributed by atoms with Gasteiger partial charge in [-0.25, -0.2) is 0 Å². The van der Waals surface area contributed by atoms with Crippen molar-refractivity contribution in [3.63, 3.8) is 0 Å². The van der Waals surface area contributed by atoms with E-state index in [0.29, 0.717) is 11.8 Å². The van der Waals surface area contributed by atoms with Crippen LogP contribution in [0.4, 0.5) is 0 Å². The molecule has 2 rings (SSSR count). The van der Waals surface area contributed by atoms with E-state index in [2.05, 4.69) is 19.9 Å². The Balaban J connectivity index is 2.22. The van der Waals surface area contributed by atoms with Crippen LogP contribution in [-0.4, -0.2) is 11.1 Å². The highest BCUT2D eigenvalue weighted by molar-refractivity contribution is 5.70. The summed E-state index contributed by atoms with van der Waals surface area (Å²) in [5.41, 5.74) is 1.46. The zero-order valence-electron chi connectivity index (χ0n) is 11.1. The molecule has 2 aliphatic rings. The molecule has 1 fully saturated rings. The Kier molecular flexibility index (Phi) is 3.60. The smallest absolute Gasteiger partial charge is 0.306 e. The Morgan fingerprint density at radius 2 is 2.12 bits per heavy atom. The van der Waals surface area contributed by atoms with Gasteiger partial charge in [0.15, 0.2) is 0 Å². The first kappa shape index (κ1) is 12.7. The molecule has 0 aromatic heterocycles. The lowest BCUT2D eigenvalue weighted by atomic mass is 9.60. The second-order valence-corrected chi connectivity index (χ2v) is 6.14. The van der Waals surface area contributed by atoms with Crippen LogP contribution in [0.1, 0.15) is 46.5 Å². The van der Waals surface area contributed by atoms with Crippen molar-refractivity contribution in [1.82, 2.24) is 0 Å². The fourth-order valence-corrected chi connectivity index (χ4v) is 3.86. The first-order chi connectivity index (χ1) is 8.00. The molecule has 2 aliphatic carbocycles. The summed E-state index contributed by atoms with van der Waals surface area (Å²) in [5.74, 6) is 1.53. The van der Waals surface area contributed by atoms with E-state index >= 15 is 0 Å². The summed E-state index contributed by atoms with van der Waals surface area (Å²) < 4.78 is 0. The summed E-state index contributed by atoms with van der Waals surface area (Å²) in [6.07, 6.45) is 7.14. The molecule has 1 saturated carbocycles. The standard InChI is InChI=1S/C15H24O2/c1-9-4-6-12-10(2)5-7-13(14(12)8-9)11(3)15(16)17/h8,10-14H,4-7H2,1-3H3,(H,16,17)/t10-,11-,12+,13+,14+/m0/s1. The lowest BCUT2D eigenvalue weighted by molar-refractivity contribution is -0.144. The van der Waals surface area contributed by atoms with Gasteiger partial charge in [-0.1, -0.05) is 31.9 Å². The molecule has 96 valence electrons. The predicted molar refractivity (Wildman–Crippen MR) is 68.7 cm³/mol. The minimum Gasteiger partial charge on any atom is -0.481 e. The zero-order chi connectivity index (χ0) is 12.6. The third-order valence-electron chi connectivity index (χ3n) is 5.06.